The Labute approximate surface area is 657 Å². The third-order valence-electron chi connectivity index (χ3n) is 21.7. The number of benzene rings is 15. The monoisotopic (exact) mass is 1460 g/mol. The number of hydrogen-bond donors (Lipinski definition) is 0. The van der Waals surface area contributed by atoms with Crippen LogP contribution in [0, 0.1) is 0 Å². The lowest BCUT2D eigenvalue weighted by Gasteiger charge is -2.25. The summed E-state index contributed by atoms with van der Waals surface area (Å²) in [6.07, 6.45) is 0. The zero-order valence-corrected chi connectivity index (χ0v) is 63.3. The van der Waals surface area contributed by atoms with E-state index in [9.17, 15) is 0 Å². The molecule has 111 heavy (non-hydrogen) atoms. The van der Waals surface area contributed by atoms with Gasteiger partial charge in [0, 0.05) is 103 Å². The molecule has 5 heterocycles. The van der Waals surface area contributed by atoms with Crippen LogP contribution in [0.1, 0.15) is 101 Å². The number of rotatable bonds is 8. The molecule has 548 valence electrons. The highest BCUT2D eigenvalue weighted by atomic mass is 32.1. The highest BCUT2D eigenvalue weighted by Gasteiger charge is 2.23. The van der Waals surface area contributed by atoms with Crippen LogP contribution in [0.5, 0.6) is 0 Å². The van der Waals surface area contributed by atoms with Crippen LogP contribution in [0.2, 0.25) is 0 Å². The van der Waals surface area contributed by atoms with Crippen LogP contribution < -0.4 is 4.90 Å². The topological polar surface area (TPSA) is 31.2 Å². The number of furan rings is 1. The Balaban J connectivity index is 0.000000130. The Morgan fingerprint density at radius 3 is 1.07 bits per heavy atom. The molecule has 6 heteroatoms. The summed E-state index contributed by atoms with van der Waals surface area (Å²) in [6.45, 7) is 20.3. The first-order valence-corrected chi connectivity index (χ1v) is 38.4. The highest BCUT2D eigenvalue weighted by Crippen LogP contribution is 2.46. The first-order valence-electron chi connectivity index (χ1n) is 37.6. The van der Waals surface area contributed by atoms with Gasteiger partial charge in [-0.1, -0.05) is 297 Å². The Kier molecular flexibility index (Phi) is 19.7. The zero-order valence-electron chi connectivity index (χ0n) is 62.5. The van der Waals surface area contributed by atoms with Gasteiger partial charge in [0.25, 0.3) is 0 Å². The molecule has 0 aliphatic carbocycles. The fourth-order valence-corrected chi connectivity index (χ4v) is 17.3. The predicted octanol–water partition coefficient (Wildman–Crippen LogP) is 31.2. The fourth-order valence-electron chi connectivity index (χ4n) is 16.1. The summed E-state index contributed by atoms with van der Waals surface area (Å²) in [4.78, 5) is 2.32. The van der Waals surface area contributed by atoms with Gasteiger partial charge >= 0.3 is 0 Å². The van der Waals surface area contributed by atoms with E-state index < -0.39 is 0 Å². The number of nitrogens with zero attached hydrogens (tertiary/aromatic N) is 4. The molecule has 0 fully saturated rings. The second kappa shape index (κ2) is 29.5. The minimum Gasteiger partial charge on any atom is -0.455 e. The van der Waals surface area contributed by atoms with Crippen molar-refractivity contribution in [2.75, 3.05) is 4.90 Å². The first-order chi connectivity index (χ1) is 52.5. The van der Waals surface area contributed by atoms with Crippen LogP contribution in [0.3, 0.4) is 0 Å². The van der Waals surface area contributed by atoms with Gasteiger partial charge in [-0.15, -0.1) is 11.3 Å². The molecule has 0 aliphatic heterocycles. The van der Waals surface area contributed by atoms with Crippen molar-refractivity contribution in [1.82, 2.24) is 13.7 Å². The Bertz CT molecular complexity index is 6440. The van der Waals surface area contributed by atoms with Crippen LogP contribution in [-0.4, -0.2) is 13.7 Å². The average Bonchev–Trinajstić information content (AvgIpc) is 1.60. The molecule has 0 spiro atoms. The SMILES string of the molecule is C.C.C.CC(C)(C)c1ccc(-n2c3ccccc3c3cc(-c4cccc5c4oc4ccccc45)ccc32)cc1.CC(C)(C)c1ccc(-n2c3ccccc3c3cc(-c4cccc5c4sc4ccccc45)ccc32)cc1.CC(C)(C)c1ccc(-n2c3ccccc3c3cc(N(c4ccccc4)c4ccccc4)ccc32)cc1. The number of anilines is 3. The van der Waals surface area contributed by atoms with Gasteiger partial charge < -0.3 is 23.0 Å². The Morgan fingerprint density at radius 1 is 0.261 bits per heavy atom. The van der Waals surface area contributed by atoms with Gasteiger partial charge in [0.15, 0.2) is 0 Å². The van der Waals surface area contributed by atoms with E-state index in [4.69, 9.17) is 4.42 Å². The van der Waals surface area contributed by atoms with Gasteiger partial charge in [-0.2, -0.15) is 0 Å². The number of fused-ring (bicyclic) bond motifs is 15. The van der Waals surface area contributed by atoms with Crippen molar-refractivity contribution < 1.29 is 4.42 Å². The van der Waals surface area contributed by atoms with E-state index in [0.717, 1.165) is 50.1 Å². The normalized spacial score (nSPS) is 11.8. The van der Waals surface area contributed by atoms with E-state index >= 15 is 0 Å². The van der Waals surface area contributed by atoms with Gasteiger partial charge in [0.1, 0.15) is 11.2 Å². The molecule has 0 aliphatic rings. The van der Waals surface area contributed by atoms with Gasteiger partial charge in [-0.25, -0.2) is 0 Å². The van der Waals surface area contributed by atoms with Crippen LogP contribution in [0.15, 0.2) is 350 Å². The lowest BCUT2D eigenvalue weighted by Crippen LogP contribution is -2.10. The summed E-state index contributed by atoms with van der Waals surface area (Å²) < 4.78 is 16.2. The number of thiophene rings is 1. The lowest BCUT2D eigenvalue weighted by atomic mass is 9.87. The van der Waals surface area contributed by atoms with Crippen molar-refractivity contribution >= 4 is 136 Å². The summed E-state index contributed by atoms with van der Waals surface area (Å²) >= 11 is 1.89. The maximum Gasteiger partial charge on any atom is 0.143 e. The van der Waals surface area contributed by atoms with Crippen molar-refractivity contribution in [3.05, 3.63) is 362 Å². The van der Waals surface area contributed by atoms with Crippen LogP contribution in [0.25, 0.3) is 147 Å². The maximum atomic E-state index is 6.35. The average molecular weight is 1460 g/mol. The Hall–Kier alpha value is -12.5. The zero-order chi connectivity index (χ0) is 73.6. The fraction of sp³-hybridized carbons (Fsp3) is 0.143. The summed E-state index contributed by atoms with van der Waals surface area (Å²) in [5.41, 5.74) is 25.5. The molecule has 20 rings (SSSR count). The van der Waals surface area contributed by atoms with E-state index in [1.165, 1.54) is 130 Å². The van der Waals surface area contributed by atoms with E-state index in [1.807, 2.05) is 23.5 Å². The smallest absolute Gasteiger partial charge is 0.143 e. The second-order valence-electron chi connectivity index (χ2n) is 31.7. The van der Waals surface area contributed by atoms with Crippen molar-refractivity contribution in [3.63, 3.8) is 0 Å². The van der Waals surface area contributed by atoms with E-state index in [2.05, 4.69) is 415 Å². The van der Waals surface area contributed by atoms with Gasteiger partial charge in [0.2, 0.25) is 0 Å². The first kappa shape index (κ1) is 74.0. The maximum absolute atomic E-state index is 6.35. The molecule has 0 amide bonds. The van der Waals surface area contributed by atoms with Gasteiger partial charge in [-0.3, -0.25) is 0 Å². The molecule has 0 unspecified atom stereocenters. The van der Waals surface area contributed by atoms with E-state index in [0.29, 0.717) is 0 Å². The molecule has 5 aromatic heterocycles. The van der Waals surface area contributed by atoms with Gasteiger partial charge in [-0.05, 0) is 183 Å². The molecule has 0 bridgehead atoms. The molecule has 0 radical (unpaired) electrons. The molecule has 0 atom stereocenters. The lowest BCUT2D eigenvalue weighted by molar-refractivity contribution is 0.590. The van der Waals surface area contributed by atoms with Crippen molar-refractivity contribution in [3.8, 4) is 39.3 Å². The quantitative estimate of drug-likeness (QED) is 0.152. The molecule has 0 saturated carbocycles. The van der Waals surface area contributed by atoms with E-state index in [-0.39, 0.29) is 38.5 Å². The van der Waals surface area contributed by atoms with Crippen molar-refractivity contribution in [1.29, 1.82) is 0 Å². The van der Waals surface area contributed by atoms with Crippen LogP contribution in [-0.2, 0) is 16.2 Å². The third kappa shape index (κ3) is 13.4. The molecule has 0 saturated heterocycles. The molecule has 5 nitrogen and oxygen atoms in total. The summed E-state index contributed by atoms with van der Waals surface area (Å²) in [5.74, 6) is 0. The minimum absolute atomic E-state index is 0. The second-order valence-corrected chi connectivity index (χ2v) is 32.7. The standard InChI is InChI=1S/C34H30N2.C34H27NO.C34H27NS.3CH4/c1-34(2,3)25-18-20-28(21-19-25)36-32-17-11-10-16-30(32)31-24-29(22-23-33(31)36)35(26-12-6-4-7-13-26)27-14-8-5-9-15-27;2*1-34(2,3)23-16-18-24(19-17-23)35-30-13-6-4-9-26(30)29-21-22(15-20-31(29)35)25-11-8-12-28-27-10-5-7-14-32(27)36-33(25)28;;;/h4-24H,1-3H3;2*4-21H,1-3H3;3*1H4. The minimum atomic E-state index is 0. The van der Waals surface area contributed by atoms with Crippen molar-refractivity contribution in [2.24, 2.45) is 0 Å². The van der Waals surface area contributed by atoms with E-state index in [1.54, 1.807) is 0 Å². The van der Waals surface area contributed by atoms with Crippen LogP contribution >= 0.6 is 11.3 Å². The molecule has 20 aromatic rings. The summed E-state index contributed by atoms with van der Waals surface area (Å²) in [7, 11) is 0. The highest BCUT2D eigenvalue weighted by molar-refractivity contribution is 7.26. The molecule has 15 aromatic carbocycles. The van der Waals surface area contributed by atoms with Crippen LogP contribution in [0.4, 0.5) is 17.1 Å². The molecule has 0 N–H and O–H groups in total. The van der Waals surface area contributed by atoms with Crippen molar-refractivity contribution in [2.45, 2.75) is 101 Å². The third-order valence-corrected chi connectivity index (χ3v) is 22.9. The number of hydrogen-bond acceptors (Lipinski definition) is 3. The largest absolute Gasteiger partial charge is 0.455 e. The summed E-state index contributed by atoms with van der Waals surface area (Å²) in [6, 6.07) is 125. The molecular formula is C105H96N4OS. The number of aromatic nitrogens is 3. The summed E-state index contributed by atoms with van der Waals surface area (Å²) in [5, 5.41) is 12.6. The van der Waals surface area contributed by atoms with Gasteiger partial charge in [0.05, 0.1) is 33.1 Å². The predicted molar refractivity (Wildman–Crippen MR) is 484 cm³/mol. The Morgan fingerprint density at radius 2 is 0.613 bits per heavy atom. The molecular weight excluding hydrogens is 1370 g/mol. The number of para-hydroxylation sites is 7.